The number of sulfonamides is 1. The van der Waals surface area contributed by atoms with Crippen LogP contribution in [0.5, 0.6) is 0 Å². The SMILES string of the molecule is CNCc1sccc1S(=O)(=O)N(C)Cc1cccc(C)c1. The Morgan fingerprint density at radius 3 is 2.71 bits per heavy atom. The van der Waals surface area contributed by atoms with Crippen molar-refractivity contribution in [2.24, 2.45) is 0 Å². The Morgan fingerprint density at radius 2 is 2.05 bits per heavy atom. The Labute approximate surface area is 130 Å². The molecule has 1 N–H and O–H groups in total. The van der Waals surface area contributed by atoms with Crippen LogP contribution in [-0.4, -0.2) is 26.8 Å². The summed E-state index contributed by atoms with van der Waals surface area (Å²) in [6.07, 6.45) is 0. The molecular weight excluding hydrogens is 304 g/mol. The molecule has 2 rings (SSSR count). The van der Waals surface area contributed by atoms with Crippen LogP contribution in [0.3, 0.4) is 0 Å². The molecule has 0 aliphatic carbocycles. The van der Waals surface area contributed by atoms with Gasteiger partial charge in [0.05, 0.1) is 4.90 Å². The van der Waals surface area contributed by atoms with Crippen LogP contribution in [0, 0.1) is 6.92 Å². The normalized spacial score (nSPS) is 12.0. The van der Waals surface area contributed by atoms with Gasteiger partial charge in [-0.1, -0.05) is 29.8 Å². The monoisotopic (exact) mass is 324 g/mol. The Balaban J connectivity index is 2.24. The van der Waals surface area contributed by atoms with Crippen molar-refractivity contribution < 1.29 is 8.42 Å². The summed E-state index contributed by atoms with van der Waals surface area (Å²) in [5, 5.41) is 4.83. The summed E-state index contributed by atoms with van der Waals surface area (Å²) in [5.74, 6) is 0. The molecule has 2 aromatic rings. The number of nitrogens with zero attached hydrogens (tertiary/aromatic N) is 1. The summed E-state index contributed by atoms with van der Waals surface area (Å²) in [4.78, 5) is 1.24. The number of rotatable bonds is 6. The number of hydrogen-bond donors (Lipinski definition) is 1. The van der Waals surface area contributed by atoms with Crippen LogP contribution in [0.4, 0.5) is 0 Å². The van der Waals surface area contributed by atoms with Crippen molar-refractivity contribution in [2.75, 3.05) is 14.1 Å². The van der Waals surface area contributed by atoms with Crippen LogP contribution in [0.25, 0.3) is 0 Å². The molecule has 0 spiro atoms. The highest BCUT2D eigenvalue weighted by molar-refractivity contribution is 7.89. The maximum atomic E-state index is 12.7. The van der Waals surface area contributed by atoms with E-state index in [0.29, 0.717) is 18.0 Å². The summed E-state index contributed by atoms with van der Waals surface area (Å²) in [7, 11) is -0.0202. The highest BCUT2D eigenvalue weighted by Gasteiger charge is 2.24. The van der Waals surface area contributed by atoms with Crippen LogP contribution in [-0.2, 0) is 23.1 Å². The molecule has 114 valence electrons. The zero-order valence-electron chi connectivity index (χ0n) is 12.5. The molecule has 0 aliphatic heterocycles. The molecule has 1 aromatic carbocycles. The van der Waals surface area contributed by atoms with E-state index in [9.17, 15) is 8.42 Å². The number of aryl methyl sites for hydroxylation is 1. The fourth-order valence-corrected chi connectivity index (χ4v) is 4.75. The third-order valence-electron chi connectivity index (χ3n) is 3.22. The van der Waals surface area contributed by atoms with Crippen molar-refractivity contribution in [2.45, 2.75) is 24.9 Å². The standard InChI is InChI=1S/C15H20N2O2S2/c1-12-5-4-6-13(9-12)11-17(3)21(18,19)15-7-8-20-14(15)10-16-2/h4-9,16H,10-11H2,1-3H3. The van der Waals surface area contributed by atoms with Crippen LogP contribution in [0.1, 0.15) is 16.0 Å². The topological polar surface area (TPSA) is 49.4 Å². The van der Waals surface area contributed by atoms with Gasteiger partial charge in [-0.25, -0.2) is 8.42 Å². The van der Waals surface area contributed by atoms with Gasteiger partial charge in [-0.2, -0.15) is 4.31 Å². The molecule has 1 heterocycles. The predicted molar refractivity (Wildman–Crippen MR) is 86.9 cm³/mol. The van der Waals surface area contributed by atoms with Crippen molar-refractivity contribution in [3.05, 3.63) is 51.7 Å². The molecule has 0 saturated carbocycles. The second-order valence-corrected chi connectivity index (χ2v) is 8.00. The highest BCUT2D eigenvalue weighted by Crippen LogP contribution is 2.25. The van der Waals surface area contributed by atoms with Crippen LogP contribution in [0.2, 0.25) is 0 Å². The van der Waals surface area contributed by atoms with E-state index in [1.807, 2.05) is 43.6 Å². The van der Waals surface area contributed by atoms with Crippen LogP contribution >= 0.6 is 11.3 Å². The van der Waals surface area contributed by atoms with E-state index in [2.05, 4.69) is 5.32 Å². The van der Waals surface area contributed by atoms with E-state index in [0.717, 1.165) is 16.0 Å². The number of hydrogen-bond acceptors (Lipinski definition) is 4. The quantitative estimate of drug-likeness (QED) is 0.888. The zero-order chi connectivity index (χ0) is 15.5. The Kier molecular flexibility index (Phi) is 5.16. The number of nitrogens with one attached hydrogen (secondary N) is 1. The van der Waals surface area contributed by atoms with Crippen LogP contribution in [0.15, 0.2) is 40.6 Å². The second-order valence-electron chi connectivity index (χ2n) is 4.99. The van der Waals surface area contributed by atoms with E-state index in [1.165, 1.54) is 15.6 Å². The van der Waals surface area contributed by atoms with Crippen molar-refractivity contribution in [1.82, 2.24) is 9.62 Å². The third kappa shape index (κ3) is 3.71. The molecule has 0 fully saturated rings. The molecule has 4 nitrogen and oxygen atoms in total. The van der Waals surface area contributed by atoms with Gasteiger partial charge in [-0.3, -0.25) is 0 Å². The highest BCUT2D eigenvalue weighted by atomic mass is 32.2. The fourth-order valence-electron chi connectivity index (χ4n) is 2.17. The fraction of sp³-hybridized carbons (Fsp3) is 0.333. The summed E-state index contributed by atoms with van der Waals surface area (Å²) in [6, 6.07) is 9.58. The summed E-state index contributed by atoms with van der Waals surface area (Å²) in [6.45, 7) is 2.94. The average molecular weight is 324 g/mol. The van der Waals surface area contributed by atoms with Crippen molar-refractivity contribution in [1.29, 1.82) is 0 Å². The van der Waals surface area contributed by atoms with Gasteiger partial charge in [-0.15, -0.1) is 11.3 Å². The van der Waals surface area contributed by atoms with Gasteiger partial charge in [0.1, 0.15) is 0 Å². The van der Waals surface area contributed by atoms with Gasteiger partial charge in [0.15, 0.2) is 0 Å². The molecule has 0 saturated heterocycles. The Hall–Kier alpha value is -1.21. The molecule has 0 unspecified atom stereocenters. The van der Waals surface area contributed by atoms with Crippen molar-refractivity contribution in [3.8, 4) is 0 Å². The molecular formula is C15H20N2O2S2. The van der Waals surface area contributed by atoms with Gasteiger partial charge >= 0.3 is 0 Å². The molecule has 0 atom stereocenters. The lowest BCUT2D eigenvalue weighted by Gasteiger charge is -2.18. The maximum absolute atomic E-state index is 12.7. The lowest BCUT2D eigenvalue weighted by Crippen LogP contribution is -2.27. The second kappa shape index (κ2) is 6.70. The minimum atomic E-state index is -3.46. The van der Waals surface area contributed by atoms with Gasteiger partial charge in [0.25, 0.3) is 0 Å². The zero-order valence-corrected chi connectivity index (χ0v) is 14.1. The molecule has 0 radical (unpaired) electrons. The van der Waals surface area contributed by atoms with Crippen molar-refractivity contribution in [3.63, 3.8) is 0 Å². The van der Waals surface area contributed by atoms with E-state index in [-0.39, 0.29) is 0 Å². The molecule has 0 aliphatic rings. The molecule has 6 heteroatoms. The van der Waals surface area contributed by atoms with Gasteiger partial charge < -0.3 is 5.32 Å². The Bertz CT molecular complexity index is 708. The van der Waals surface area contributed by atoms with Gasteiger partial charge in [-0.05, 0) is 31.0 Å². The largest absolute Gasteiger partial charge is 0.315 e. The maximum Gasteiger partial charge on any atom is 0.244 e. The number of thiophene rings is 1. The smallest absolute Gasteiger partial charge is 0.244 e. The summed E-state index contributed by atoms with van der Waals surface area (Å²) >= 11 is 1.46. The summed E-state index contributed by atoms with van der Waals surface area (Å²) in [5.41, 5.74) is 2.12. The Morgan fingerprint density at radius 1 is 1.29 bits per heavy atom. The molecule has 21 heavy (non-hydrogen) atoms. The third-order valence-corrected chi connectivity index (χ3v) is 6.16. The lowest BCUT2D eigenvalue weighted by molar-refractivity contribution is 0.466. The first-order chi connectivity index (χ1) is 9.95. The average Bonchev–Trinajstić information content (AvgIpc) is 2.88. The number of benzene rings is 1. The van der Waals surface area contributed by atoms with E-state index >= 15 is 0 Å². The molecule has 0 bridgehead atoms. The van der Waals surface area contributed by atoms with Crippen LogP contribution < -0.4 is 5.32 Å². The van der Waals surface area contributed by atoms with E-state index in [4.69, 9.17) is 0 Å². The van der Waals surface area contributed by atoms with E-state index < -0.39 is 10.0 Å². The lowest BCUT2D eigenvalue weighted by atomic mass is 10.1. The minimum Gasteiger partial charge on any atom is -0.315 e. The summed E-state index contributed by atoms with van der Waals surface area (Å²) < 4.78 is 26.8. The molecule has 0 amide bonds. The molecule has 1 aromatic heterocycles. The van der Waals surface area contributed by atoms with Gasteiger partial charge in [0, 0.05) is 25.0 Å². The first-order valence-electron chi connectivity index (χ1n) is 6.68. The van der Waals surface area contributed by atoms with Crippen molar-refractivity contribution >= 4 is 21.4 Å². The first-order valence-corrected chi connectivity index (χ1v) is 9.00. The van der Waals surface area contributed by atoms with E-state index in [1.54, 1.807) is 13.1 Å². The predicted octanol–water partition coefficient (Wildman–Crippen LogP) is 2.60. The van der Waals surface area contributed by atoms with Gasteiger partial charge in [0.2, 0.25) is 10.0 Å². The first kappa shape index (κ1) is 16.2. The minimum absolute atomic E-state index is 0.374.